The van der Waals surface area contributed by atoms with Crippen LogP contribution >= 0.6 is 0 Å². The van der Waals surface area contributed by atoms with Crippen LogP contribution in [0.5, 0.6) is 0 Å². The van der Waals surface area contributed by atoms with Crippen LogP contribution in [0, 0.1) is 6.92 Å². The average Bonchev–Trinajstić information content (AvgIpc) is 2.69. The van der Waals surface area contributed by atoms with Gasteiger partial charge < -0.3 is 5.32 Å². The number of nitrogens with one attached hydrogen (secondary N) is 2. The van der Waals surface area contributed by atoms with E-state index >= 15 is 0 Å². The van der Waals surface area contributed by atoms with Gasteiger partial charge in [0.1, 0.15) is 0 Å². The fourth-order valence-corrected chi connectivity index (χ4v) is 4.04. The van der Waals surface area contributed by atoms with Crippen LogP contribution in [-0.4, -0.2) is 14.3 Å². The molecule has 1 atom stereocenters. The Kier molecular flexibility index (Phi) is 5.80. The second kappa shape index (κ2) is 8.27. The maximum Gasteiger partial charge on any atom is 0.261 e. The zero-order valence-corrected chi connectivity index (χ0v) is 16.5. The fraction of sp³-hybridized carbons (Fsp3) is 0.136. The Hall–Kier alpha value is -3.12. The van der Waals surface area contributed by atoms with Crippen molar-refractivity contribution in [3.8, 4) is 0 Å². The maximum absolute atomic E-state index is 12.6. The third-order valence-electron chi connectivity index (χ3n) is 4.43. The summed E-state index contributed by atoms with van der Waals surface area (Å²) >= 11 is 0. The van der Waals surface area contributed by atoms with E-state index in [4.69, 9.17) is 0 Å². The van der Waals surface area contributed by atoms with E-state index in [0.29, 0.717) is 11.3 Å². The van der Waals surface area contributed by atoms with Gasteiger partial charge in [-0.1, -0.05) is 48.5 Å². The topological polar surface area (TPSA) is 75.3 Å². The zero-order valence-electron chi connectivity index (χ0n) is 15.7. The van der Waals surface area contributed by atoms with Gasteiger partial charge in [0.25, 0.3) is 15.9 Å². The van der Waals surface area contributed by atoms with Crippen molar-refractivity contribution in [1.29, 1.82) is 0 Å². The molecule has 0 heterocycles. The molecule has 1 amide bonds. The van der Waals surface area contributed by atoms with E-state index in [9.17, 15) is 13.2 Å². The van der Waals surface area contributed by atoms with E-state index in [-0.39, 0.29) is 16.8 Å². The van der Waals surface area contributed by atoms with E-state index in [2.05, 4.69) is 10.0 Å². The molecule has 0 aliphatic heterocycles. The minimum absolute atomic E-state index is 0.165. The molecule has 3 aromatic rings. The first-order chi connectivity index (χ1) is 13.4. The van der Waals surface area contributed by atoms with Gasteiger partial charge in [0.2, 0.25) is 0 Å². The summed E-state index contributed by atoms with van der Waals surface area (Å²) in [6, 6.07) is 22.2. The van der Waals surface area contributed by atoms with E-state index < -0.39 is 10.0 Å². The van der Waals surface area contributed by atoms with Crippen LogP contribution in [0.3, 0.4) is 0 Å². The van der Waals surface area contributed by atoms with Crippen LogP contribution in [-0.2, 0) is 10.0 Å². The van der Waals surface area contributed by atoms with Crippen molar-refractivity contribution >= 4 is 21.6 Å². The minimum Gasteiger partial charge on any atom is -0.346 e. The van der Waals surface area contributed by atoms with Crippen LogP contribution in [0.4, 0.5) is 5.69 Å². The fourth-order valence-electron chi connectivity index (χ4n) is 2.97. The lowest BCUT2D eigenvalue weighted by Crippen LogP contribution is -2.27. The number of benzene rings is 3. The first-order valence-corrected chi connectivity index (χ1v) is 10.4. The van der Waals surface area contributed by atoms with E-state index in [0.717, 1.165) is 11.1 Å². The molecule has 0 saturated heterocycles. The lowest BCUT2D eigenvalue weighted by Gasteiger charge is -2.17. The van der Waals surface area contributed by atoms with Gasteiger partial charge in [-0.15, -0.1) is 0 Å². The molecule has 0 fully saturated rings. The number of anilines is 1. The highest BCUT2D eigenvalue weighted by molar-refractivity contribution is 7.92. The summed E-state index contributed by atoms with van der Waals surface area (Å²) in [6.07, 6.45) is 0. The molecule has 0 spiro atoms. The second-order valence-corrected chi connectivity index (χ2v) is 8.23. The number of hydrogen-bond acceptors (Lipinski definition) is 3. The minimum atomic E-state index is -3.71. The SMILES string of the molecule is Cc1ccccc1C(C)NC(=O)c1cccc(NS(=O)(=O)c2ccccc2)c1. The average molecular weight is 394 g/mol. The summed E-state index contributed by atoms with van der Waals surface area (Å²) in [5, 5.41) is 2.96. The van der Waals surface area contributed by atoms with Gasteiger partial charge in [0, 0.05) is 11.3 Å². The molecular weight excluding hydrogens is 372 g/mol. The molecule has 144 valence electrons. The summed E-state index contributed by atoms with van der Waals surface area (Å²) in [7, 11) is -3.71. The summed E-state index contributed by atoms with van der Waals surface area (Å²) in [5.41, 5.74) is 2.85. The lowest BCUT2D eigenvalue weighted by atomic mass is 10.0. The maximum atomic E-state index is 12.6. The molecule has 0 aliphatic carbocycles. The van der Waals surface area contributed by atoms with Crippen molar-refractivity contribution in [2.75, 3.05) is 4.72 Å². The first-order valence-electron chi connectivity index (χ1n) is 8.91. The van der Waals surface area contributed by atoms with Crippen molar-refractivity contribution in [1.82, 2.24) is 5.32 Å². The number of aryl methyl sites for hydroxylation is 1. The molecule has 0 saturated carbocycles. The molecule has 5 nitrogen and oxygen atoms in total. The number of hydrogen-bond donors (Lipinski definition) is 2. The largest absolute Gasteiger partial charge is 0.346 e. The summed E-state index contributed by atoms with van der Waals surface area (Å²) in [6.45, 7) is 3.92. The number of carbonyl (C=O) groups is 1. The normalized spacial score (nSPS) is 12.2. The number of rotatable bonds is 6. The van der Waals surface area contributed by atoms with Crippen LogP contribution < -0.4 is 10.0 Å². The molecule has 3 aromatic carbocycles. The highest BCUT2D eigenvalue weighted by Crippen LogP contribution is 2.20. The molecule has 3 rings (SSSR count). The van der Waals surface area contributed by atoms with E-state index in [1.54, 1.807) is 36.4 Å². The highest BCUT2D eigenvalue weighted by Gasteiger charge is 2.16. The van der Waals surface area contributed by atoms with Gasteiger partial charge in [-0.05, 0) is 55.3 Å². The Balaban J connectivity index is 1.76. The lowest BCUT2D eigenvalue weighted by molar-refractivity contribution is 0.0940. The van der Waals surface area contributed by atoms with E-state index in [1.807, 2.05) is 38.1 Å². The van der Waals surface area contributed by atoms with Gasteiger partial charge in [-0.25, -0.2) is 8.42 Å². The van der Waals surface area contributed by atoms with E-state index in [1.165, 1.54) is 18.2 Å². The Morgan fingerprint density at radius 1 is 0.893 bits per heavy atom. The Labute approximate surface area is 165 Å². The third-order valence-corrected chi connectivity index (χ3v) is 5.83. The van der Waals surface area contributed by atoms with Crippen molar-refractivity contribution in [2.24, 2.45) is 0 Å². The van der Waals surface area contributed by atoms with Crippen LogP contribution in [0.25, 0.3) is 0 Å². The van der Waals surface area contributed by atoms with Gasteiger partial charge in [-0.3, -0.25) is 9.52 Å². The summed E-state index contributed by atoms with van der Waals surface area (Å²) in [4.78, 5) is 12.8. The Morgan fingerprint density at radius 2 is 1.57 bits per heavy atom. The number of sulfonamides is 1. The smallest absolute Gasteiger partial charge is 0.261 e. The monoisotopic (exact) mass is 394 g/mol. The number of amides is 1. The second-order valence-electron chi connectivity index (χ2n) is 6.55. The zero-order chi connectivity index (χ0) is 20.1. The van der Waals surface area contributed by atoms with Gasteiger partial charge in [0.05, 0.1) is 10.9 Å². The van der Waals surface area contributed by atoms with Crippen molar-refractivity contribution in [3.63, 3.8) is 0 Å². The molecule has 0 bridgehead atoms. The highest BCUT2D eigenvalue weighted by atomic mass is 32.2. The van der Waals surface area contributed by atoms with Crippen LogP contribution in [0.2, 0.25) is 0 Å². The molecule has 0 aliphatic rings. The molecule has 1 unspecified atom stereocenters. The van der Waals surface area contributed by atoms with Gasteiger partial charge in [-0.2, -0.15) is 0 Å². The molecule has 28 heavy (non-hydrogen) atoms. The third kappa shape index (κ3) is 4.58. The van der Waals surface area contributed by atoms with Crippen molar-refractivity contribution in [2.45, 2.75) is 24.8 Å². The molecule has 0 radical (unpaired) electrons. The molecular formula is C22H22N2O3S. The van der Waals surface area contributed by atoms with Gasteiger partial charge in [0.15, 0.2) is 0 Å². The van der Waals surface area contributed by atoms with Crippen LogP contribution in [0.1, 0.15) is 34.5 Å². The molecule has 6 heteroatoms. The Morgan fingerprint density at radius 3 is 2.29 bits per heavy atom. The van der Waals surface area contributed by atoms with Crippen molar-refractivity contribution < 1.29 is 13.2 Å². The first kappa shape index (κ1) is 19.6. The Bertz CT molecular complexity index is 1080. The van der Waals surface area contributed by atoms with Crippen molar-refractivity contribution in [3.05, 3.63) is 95.6 Å². The quantitative estimate of drug-likeness (QED) is 0.655. The number of carbonyl (C=O) groups excluding carboxylic acids is 1. The summed E-state index contributed by atoms with van der Waals surface area (Å²) in [5.74, 6) is -0.267. The molecule has 0 aromatic heterocycles. The molecule has 2 N–H and O–H groups in total. The summed E-state index contributed by atoms with van der Waals surface area (Å²) < 4.78 is 27.5. The van der Waals surface area contributed by atoms with Gasteiger partial charge >= 0.3 is 0 Å². The van der Waals surface area contributed by atoms with Crippen LogP contribution in [0.15, 0.2) is 83.8 Å². The predicted molar refractivity (Wildman–Crippen MR) is 111 cm³/mol. The standard InChI is InChI=1S/C22H22N2O3S/c1-16-9-6-7-14-21(16)17(2)23-22(25)18-10-8-11-19(15-18)24-28(26,27)20-12-4-3-5-13-20/h3-15,17,24H,1-2H3,(H,23,25). The predicted octanol–water partition coefficient (Wildman–Crippen LogP) is 4.29.